The van der Waals surface area contributed by atoms with Crippen molar-refractivity contribution in [3.8, 4) is 57.5 Å². The number of fused-ring (bicyclic) bond motifs is 3. The second-order valence-corrected chi connectivity index (χ2v) is 28.7. The molecular formula is C97H92F2N6O16. The van der Waals surface area contributed by atoms with Crippen LogP contribution in [0.5, 0.6) is 57.5 Å². The summed E-state index contributed by atoms with van der Waals surface area (Å²) in [5, 5.41) is 40.2. The number of imidazole rings is 1. The van der Waals surface area contributed by atoms with Crippen LogP contribution in [0.4, 0.5) is 8.78 Å². The smallest absolute Gasteiger partial charge is 0.248 e. The third-order valence-electron chi connectivity index (χ3n) is 21.6. The summed E-state index contributed by atoms with van der Waals surface area (Å²) in [7, 11) is 10.5. The number of phenols is 3. The number of carbonyl (C=O) groups is 3. The highest BCUT2D eigenvalue weighted by molar-refractivity contribution is 6.12. The van der Waals surface area contributed by atoms with Gasteiger partial charge in [-0.15, -0.1) is 0 Å². The molecular weight excluding hydrogens is 1540 g/mol. The van der Waals surface area contributed by atoms with Gasteiger partial charge in [0.05, 0.1) is 106 Å². The summed E-state index contributed by atoms with van der Waals surface area (Å²) in [6.45, 7) is 6.66. The van der Waals surface area contributed by atoms with Crippen LogP contribution in [0.2, 0.25) is 0 Å². The third kappa shape index (κ3) is 19.0. The molecule has 6 N–H and O–H groups in total. The molecule has 121 heavy (non-hydrogen) atoms. The van der Waals surface area contributed by atoms with Crippen molar-refractivity contribution in [2.75, 3.05) is 49.8 Å². The van der Waals surface area contributed by atoms with Gasteiger partial charge in [-0.3, -0.25) is 19.4 Å². The first-order valence-electron chi connectivity index (χ1n) is 39.0. The average molecular weight is 1640 g/mol. The molecule has 0 radical (unpaired) electrons. The minimum absolute atomic E-state index is 0.0694. The van der Waals surface area contributed by atoms with Gasteiger partial charge in [-0.25, -0.2) is 13.8 Å². The first-order valence-corrected chi connectivity index (χ1v) is 39.0. The monoisotopic (exact) mass is 1630 g/mol. The first-order chi connectivity index (χ1) is 58.7. The molecule has 3 unspecified atom stereocenters. The molecule has 0 spiro atoms. The summed E-state index contributed by atoms with van der Waals surface area (Å²) in [4.78, 5) is 49.6. The average Bonchev–Trinajstić information content (AvgIpc) is 1.64. The normalized spacial score (nSPS) is 14.2. The fourth-order valence-electron chi connectivity index (χ4n) is 15.6. The molecule has 24 heteroatoms. The second-order valence-electron chi connectivity index (χ2n) is 28.7. The zero-order valence-electron chi connectivity index (χ0n) is 68.4. The summed E-state index contributed by atoms with van der Waals surface area (Å²) in [5.74, 6) is 1.65. The van der Waals surface area contributed by atoms with Gasteiger partial charge < -0.3 is 82.2 Å². The number of nitrogens with zero attached hydrogens (tertiary/aromatic N) is 3. The van der Waals surface area contributed by atoms with Gasteiger partial charge in [0.25, 0.3) is 0 Å². The standard InChI is InChI=1S/C34H32FNO5.C33H31FN2O5.C30H29N3O6/c1-21-28(16-23-17-30(39-2)33(37)31(18-23)40-3)26-14-12-24(35)19-29(26)32(21)27(13-11-22-8-5-4-6-9-22)34(38)36-20-25-10-7-15-41-25;1-20-27(15-22-16-29(39-2)32(37)30(17-22)40-3)25-9-7-23(34)18-28(25)31(20)26(8-6-21-10-12-35-13-11-21)33(38)36-19-24-5-4-14-41-24;1-18-23(12-19-13-25(37-3)29(34)26(14-19)38-4)22-8-7-20(36-2)15-24(22)27(18)28(33-10-9-31-17-33)30(35)32-16-21-6-5-11-39-21/h4-10,12,14-19,27,37H,11,13,20H2,1-3H3,(H,36,38);4-5,7,9-18,26,37H,6,8,19H2,1-3H3,(H,36,38);5-15,17,28,34H,16H2,1-4H3,(H,32,35)/b28-16-;27-15-;23-12-. The van der Waals surface area contributed by atoms with Crippen LogP contribution in [0.1, 0.15) is 118 Å². The number of nitrogens with one attached hydrogen (secondary N) is 3. The number of ether oxygens (including phenoxy) is 7. The Hall–Kier alpha value is -14.6. The van der Waals surface area contributed by atoms with E-state index in [1.807, 2.05) is 112 Å². The molecule has 3 aliphatic rings. The maximum atomic E-state index is 14.7. The molecule has 22 nitrogen and oxygen atoms in total. The van der Waals surface area contributed by atoms with Gasteiger partial charge in [0.2, 0.25) is 35.0 Å². The summed E-state index contributed by atoms with van der Waals surface area (Å²) in [6, 6.07) is 49.4. The predicted molar refractivity (Wildman–Crippen MR) is 458 cm³/mol. The number of pyridine rings is 1. The Morgan fingerprint density at radius 3 is 1.15 bits per heavy atom. The van der Waals surface area contributed by atoms with E-state index in [0.717, 1.165) is 100 Å². The van der Waals surface area contributed by atoms with Crippen LogP contribution in [0.15, 0.2) is 250 Å². The van der Waals surface area contributed by atoms with Gasteiger partial charge in [-0.05, 0) is 297 Å². The molecule has 0 saturated carbocycles. The molecule has 3 amide bonds. The number of aromatic hydroxyl groups is 3. The molecule has 3 atom stereocenters. The molecule has 7 aromatic carbocycles. The van der Waals surface area contributed by atoms with E-state index in [4.69, 9.17) is 46.4 Å². The Morgan fingerprint density at radius 2 is 0.785 bits per heavy atom. The predicted octanol–water partition coefficient (Wildman–Crippen LogP) is 18.6. The number of benzene rings is 7. The van der Waals surface area contributed by atoms with Crippen LogP contribution >= 0.6 is 0 Å². The maximum Gasteiger partial charge on any atom is 0.248 e. The molecule has 0 saturated heterocycles. The largest absolute Gasteiger partial charge is 0.502 e. The molecule has 5 heterocycles. The minimum atomic E-state index is -0.705. The number of carbonyl (C=O) groups excluding carboxylic acids is 3. The lowest BCUT2D eigenvalue weighted by atomic mass is 9.86. The zero-order valence-corrected chi connectivity index (χ0v) is 68.4. The van der Waals surface area contributed by atoms with Crippen molar-refractivity contribution in [3.05, 3.63) is 327 Å². The molecule has 620 valence electrons. The maximum absolute atomic E-state index is 14.7. The lowest BCUT2D eigenvalue weighted by Crippen LogP contribution is -2.32. The lowest BCUT2D eigenvalue weighted by molar-refractivity contribution is -0.124. The van der Waals surface area contributed by atoms with Crippen molar-refractivity contribution in [1.29, 1.82) is 0 Å². The number of hydrogen-bond donors (Lipinski definition) is 6. The van der Waals surface area contributed by atoms with Crippen molar-refractivity contribution < 1.29 is 84.9 Å². The van der Waals surface area contributed by atoms with Crippen LogP contribution in [-0.4, -0.2) is 97.3 Å². The minimum Gasteiger partial charge on any atom is -0.502 e. The van der Waals surface area contributed by atoms with Crippen molar-refractivity contribution in [3.63, 3.8) is 0 Å². The number of aromatic nitrogens is 3. The number of rotatable bonds is 29. The Kier molecular flexibility index (Phi) is 27.0. The van der Waals surface area contributed by atoms with E-state index in [-0.39, 0.29) is 89.2 Å². The summed E-state index contributed by atoms with van der Waals surface area (Å²) in [5.41, 5.74) is 16.9. The fourth-order valence-corrected chi connectivity index (χ4v) is 15.6. The Bertz CT molecular complexity index is 5590. The van der Waals surface area contributed by atoms with E-state index in [2.05, 4.69) is 25.9 Å². The van der Waals surface area contributed by atoms with Crippen molar-refractivity contribution in [2.24, 2.45) is 11.8 Å². The third-order valence-corrected chi connectivity index (χ3v) is 21.6. The zero-order chi connectivity index (χ0) is 85.4. The van der Waals surface area contributed by atoms with E-state index < -0.39 is 17.9 Å². The fraction of sp³-hybridized carbons (Fsp3) is 0.206. The molecule has 3 aliphatic carbocycles. The van der Waals surface area contributed by atoms with Gasteiger partial charge in [-0.1, -0.05) is 48.5 Å². The van der Waals surface area contributed by atoms with Crippen molar-refractivity contribution in [2.45, 2.75) is 72.1 Å². The Morgan fingerprint density at radius 1 is 0.413 bits per heavy atom. The van der Waals surface area contributed by atoms with Gasteiger partial charge in [0.15, 0.2) is 34.5 Å². The number of allylic oxidation sites excluding steroid dienone is 6. The van der Waals surface area contributed by atoms with E-state index in [9.17, 15) is 38.5 Å². The van der Waals surface area contributed by atoms with Crippen LogP contribution in [0.3, 0.4) is 0 Å². The highest BCUT2D eigenvalue weighted by Gasteiger charge is 2.38. The number of methoxy groups -OCH3 is 7. The number of furan rings is 3. The molecule has 5 aromatic heterocycles. The number of hydrogen-bond acceptors (Lipinski definition) is 18. The molecule has 0 aliphatic heterocycles. The van der Waals surface area contributed by atoms with Crippen LogP contribution in [0, 0.1) is 23.5 Å². The molecule has 0 bridgehead atoms. The summed E-state index contributed by atoms with van der Waals surface area (Å²) in [6.07, 6.45) is 21.4. The summed E-state index contributed by atoms with van der Waals surface area (Å²) < 4.78 is 85.0. The van der Waals surface area contributed by atoms with Gasteiger partial charge >= 0.3 is 0 Å². The van der Waals surface area contributed by atoms with Crippen molar-refractivity contribution >= 4 is 69.4 Å². The van der Waals surface area contributed by atoms with Gasteiger partial charge in [0, 0.05) is 24.8 Å². The summed E-state index contributed by atoms with van der Waals surface area (Å²) >= 11 is 0. The Balaban J connectivity index is 0.000000157. The highest BCUT2D eigenvalue weighted by atomic mass is 19.1. The topological polar surface area (TPSA) is 283 Å². The highest BCUT2D eigenvalue weighted by Crippen LogP contribution is 2.52. The van der Waals surface area contributed by atoms with Crippen LogP contribution in [-0.2, 0) is 46.9 Å². The molecule has 0 fully saturated rings. The van der Waals surface area contributed by atoms with E-state index in [1.165, 1.54) is 66.9 Å². The van der Waals surface area contributed by atoms with Gasteiger partial charge in [-0.2, -0.15) is 0 Å². The number of amides is 3. The Labute approximate surface area is 699 Å². The number of phenolic OH excluding ortho intramolecular Hbond substituents is 3. The lowest BCUT2D eigenvalue weighted by Gasteiger charge is -2.21. The van der Waals surface area contributed by atoms with Crippen LogP contribution in [0.25, 0.3) is 51.7 Å². The van der Waals surface area contributed by atoms with Gasteiger partial charge in [0.1, 0.15) is 40.7 Å². The van der Waals surface area contributed by atoms with Crippen molar-refractivity contribution in [1.82, 2.24) is 30.5 Å². The van der Waals surface area contributed by atoms with E-state index in [1.54, 1.807) is 134 Å². The number of aryl methyl sites for hydroxylation is 2. The first kappa shape index (κ1) is 84.4. The SMILES string of the molecule is COc1cc(/C=C2/C(C)=C(C(CCc3ccccc3)C(=O)NCc3ccco3)c3cc(F)ccc32)cc(OC)c1O.COc1cc(/C=C2/C(C)=C(C(CCc3ccncc3)C(=O)NCc3ccco3)c3cc(F)ccc32)cc(OC)c1O.COc1ccc2c(c1)C(C(C(=O)NCc1ccco1)n1ccnc1)=C(C)/C2=C/c1cc(OC)c(O)c(OC)c1. The molecule has 15 rings (SSSR count). The quantitative estimate of drug-likeness (QED) is 0.0254. The van der Waals surface area contributed by atoms with E-state index >= 15 is 0 Å². The van der Waals surface area contributed by atoms with Crippen LogP contribution < -0.4 is 49.1 Å². The molecule has 12 aromatic rings. The second kappa shape index (κ2) is 38.7. The number of halogens is 2. The van der Waals surface area contributed by atoms with E-state index in [0.29, 0.717) is 71.3 Å².